The van der Waals surface area contributed by atoms with Gasteiger partial charge in [-0.05, 0) is 25.2 Å². The van der Waals surface area contributed by atoms with Crippen molar-refractivity contribution in [3.05, 3.63) is 0 Å². The van der Waals surface area contributed by atoms with Gasteiger partial charge in [0.2, 0.25) is 0 Å². The minimum atomic E-state index is 0.124. The second-order valence-electron chi connectivity index (χ2n) is 3.87. The van der Waals surface area contributed by atoms with Gasteiger partial charge in [-0.15, -0.1) is 0 Å². The van der Waals surface area contributed by atoms with Crippen LogP contribution >= 0.6 is 12.8 Å². The largest absolute Gasteiger partial charge is 0.325 e. The molecule has 3 heteroatoms. The van der Waals surface area contributed by atoms with E-state index in [4.69, 9.17) is 5.73 Å². The molecule has 1 aliphatic carbocycles. The van der Waals surface area contributed by atoms with E-state index in [1.165, 1.54) is 6.42 Å². The molecule has 1 saturated carbocycles. The standard InChI is InChI=1S/C7H14N2S/c1-7(8)5-2-6(7)4-9(10)3-5/h5-6,10H,2-4,8H2,1H3. The number of piperidine rings is 2. The molecule has 0 aromatic heterocycles. The summed E-state index contributed by atoms with van der Waals surface area (Å²) in [7, 11) is 0. The van der Waals surface area contributed by atoms with Gasteiger partial charge >= 0.3 is 0 Å². The molecule has 2 bridgehead atoms. The summed E-state index contributed by atoms with van der Waals surface area (Å²) in [5, 5.41) is 0. The maximum absolute atomic E-state index is 6.07. The number of rotatable bonds is 0. The van der Waals surface area contributed by atoms with E-state index in [0.717, 1.165) is 13.1 Å². The maximum Gasteiger partial charge on any atom is 0.0208 e. The Balaban J connectivity index is 2.10. The van der Waals surface area contributed by atoms with Crippen molar-refractivity contribution in [2.24, 2.45) is 17.6 Å². The fraction of sp³-hybridized carbons (Fsp3) is 1.00. The Morgan fingerprint density at radius 2 is 2.00 bits per heavy atom. The molecule has 0 spiro atoms. The van der Waals surface area contributed by atoms with Crippen LogP contribution in [0.4, 0.5) is 0 Å². The number of thiol groups is 1. The zero-order valence-electron chi connectivity index (χ0n) is 6.25. The minimum Gasteiger partial charge on any atom is -0.325 e. The van der Waals surface area contributed by atoms with Crippen LogP contribution < -0.4 is 5.73 Å². The van der Waals surface area contributed by atoms with E-state index in [0.29, 0.717) is 11.8 Å². The lowest BCUT2D eigenvalue weighted by Crippen LogP contribution is -2.68. The average Bonchev–Trinajstić information content (AvgIpc) is 1.87. The van der Waals surface area contributed by atoms with Crippen molar-refractivity contribution in [3.8, 4) is 0 Å². The molecule has 0 aromatic carbocycles. The van der Waals surface area contributed by atoms with E-state index in [9.17, 15) is 0 Å². The molecule has 2 nitrogen and oxygen atoms in total. The third-order valence-electron chi connectivity index (χ3n) is 3.19. The number of nitrogens with zero attached hydrogens (tertiary/aromatic N) is 1. The van der Waals surface area contributed by atoms with Gasteiger partial charge in [-0.3, -0.25) is 4.31 Å². The zero-order chi connectivity index (χ0) is 7.35. The van der Waals surface area contributed by atoms with Gasteiger partial charge in [0.05, 0.1) is 0 Å². The van der Waals surface area contributed by atoms with Crippen molar-refractivity contribution < 1.29 is 0 Å². The van der Waals surface area contributed by atoms with Crippen molar-refractivity contribution in [3.63, 3.8) is 0 Å². The van der Waals surface area contributed by atoms with Crippen LogP contribution in [0.25, 0.3) is 0 Å². The Morgan fingerprint density at radius 3 is 2.30 bits per heavy atom. The van der Waals surface area contributed by atoms with Crippen molar-refractivity contribution in [2.45, 2.75) is 18.9 Å². The van der Waals surface area contributed by atoms with Gasteiger partial charge < -0.3 is 5.73 Å². The highest BCUT2D eigenvalue weighted by molar-refractivity contribution is 7.77. The predicted molar refractivity (Wildman–Crippen MR) is 44.7 cm³/mol. The van der Waals surface area contributed by atoms with E-state index in [2.05, 4.69) is 24.0 Å². The highest BCUT2D eigenvalue weighted by Gasteiger charge is 2.52. The van der Waals surface area contributed by atoms with Crippen molar-refractivity contribution >= 4 is 12.8 Å². The Morgan fingerprint density at radius 1 is 1.50 bits per heavy atom. The van der Waals surface area contributed by atoms with E-state index < -0.39 is 0 Å². The normalized spacial score (nSPS) is 54.3. The van der Waals surface area contributed by atoms with Gasteiger partial charge in [0.15, 0.2) is 0 Å². The molecule has 2 aliphatic heterocycles. The molecule has 0 radical (unpaired) electrons. The summed E-state index contributed by atoms with van der Waals surface area (Å²) in [4.78, 5) is 0. The fourth-order valence-corrected chi connectivity index (χ4v) is 2.54. The topological polar surface area (TPSA) is 29.3 Å². The molecular formula is C7H14N2S. The fourth-order valence-electron chi connectivity index (χ4n) is 2.15. The highest BCUT2D eigenvalue weighted by atomic mass is 32.1. The molecule has 2 unspecified atom stereocenters. The monoisotopic (exact) mass is 158 g/mol. The van der Waals surface area contributed by atoms with Gasteiger partial charge in [0.1, 0.15) is 0 Å². The molecule has 2 atom stereocenters. The first-order valence-electron chi connectivity index (χ1n) is 3.83. The van der Waals surface area contributed by atoms with Crippen LogP contribution in [0, 0.1) is 11.8 Å². The molecule has 10 heavy (non-hydrogen) atoms. The Labute approximate surface area is 67.3 Å². The second kappa shape index (κ2) is 1.90. The van der Waals surface area contributed by atoms with Crippen LogP contribution in [0.5, 0.6) is 0 Å². The van der Waals surface area contributed by atoms with Crippen LogP contribution in [0.1, 0.15) is 13.3 Å². The highest BCUT2D eigenvalue weighted by Crippen LogP contribution is 2.46. The summed E-state index contributed by atoms with van der Waals surface area (Å²) in [5.41, 5.74) is 6.20. The molecule has 3 aliphatic rings. The van der Waals surface area contributed by atoms with Gasteiger partial charge in [0, 0.05) is 18.6 Å². The second-order valence-corrected chi connectivity index (χ2v) is 4.43. The molecule has 3 fully saturated rings. The zero-order valence-corrected chi connectivity index (χ0v) is 7.14. The summed E-state index contributed by atoms with van der Waals surface area (Å²) in [6, 6.07) is 0. The number of hydrogen-bond donors (Lipinski definition) is 2. The Kier molecular flexibility index (Phi) is 1.32. The first-order valence-corrected chi connectivity index (χ1v) is 4.23. The van der Waals surface area contributed by atoms with Gasteiger partial charge in [-0.25, -0.2) is 0 Å². The van der Waals surface area contributed by atoms with Gasteiger partial charge in [-0.2, -0.15) is 0 Å². The Hall–Kier alpha value is 0.270. The van der Waals surface area contributed by atoms with Crippen molar-refractivity contribution in [1.29, 1.82) is 0 Å². The van der Waals surface area contributed by atoms with E-state index in [-0.39, 0.29) is 5.54 Å². The maximum atomic E-state index is 6.07. The summed E-state index contributed by atoms with van der Waals surface area (Å²) >= 11 is 4.31. The van der Waals surface area contributed by atoms with Crippen molar-refractivity contribution in [1.82, 2.24) is 4.31 Å². The molecule has 0 aromatic rings. The summed E-state index contributed by atoms with van der Waals surface area (Å²) in [6.07, 6.45) is 1.32. The SMILES string of the molecule is CC1(N)C2CC1CN(S)C2. The third-order valence-corrected chi connectivity index (χ3v) is 3.52. The molecule has 0 amide bonds. The van der Waals surface area contributed by atoms with Crippen LogP contribution in [-0.2, 0) is 0 Å². The average molecular weight is 158 g/mol. The van der Waals surface area contributed by atoms with E-state index in [1.807, 2.05) is 0 Å². The molecule has 2 saturated heterocycles. The summed E-state index contributed by atoms with van der Waals surface area (Å²) in [5.74, 6) is 1.40. The molecule has 2 heterocycles. The van der Waals surface area contributed by atoms with E-state index >= 15 is 0 Å². The molecule has 58 valence electrons. The Bertz CT molecular complexity index is 144. The summed E-state index contributed by atoms with van der Waals surface area (Å²) < 4.78 is 2.09. The smallest absolute Gasteiger partial charge is 0.0208 e. The first kappa shape index (κ1) is 6.95. The van der Waals surface area contributed by atoms with Crippen molar-refractivity contribution in [2.75, 3.05) is 13.1 Å². The quantitative estimate of drug-likeness (QED) is 0.503. The van der Waals surface area contributed by atoms with Crippen LogP contribution in [-0.4, -0.2) is 22.9 Å². The lowest BCUT2D eigenvalue weighted by atomic mass is 9.58. The van der Waals surface area contributed by atoms with Crippen LogP contribution in [0.2, 0.25) is 0 Å². The predicted octanol–water partition coefficient (Wildman–Crippen LogP) is 0.500. The van der Waals surface area contributed by atoms with Gasteiger partial charge in [0.25, 0.3) is 0 Å². The van der Waals surface area contributed by atoms with Crippen LogP contribution in [0.3, 0.4) is 0 Å². The molecule has 3 rings (SSSR count). The minimum absolute atomic E-state index is 0.124. The molecule has 2 N–H and O–H groups in total. The number of nitrogens with two attached hydrogens (primary N) is 1. The molecular weight excluding hydrogens is 144 g/mol. The van der Waals surface area contributed by atoms with E-state index in [1.54, 1.807) is 0 Å². The van der Waals surface area contributed by atoms with Gasteiger partial charge in [-0.1, -0.05) is 12.8 Å². The summed E-state index contributed by atoms with van der Waals surface area (Å²) in [6.45, 7) is 4.33. The first-order chi connectivity index (χ1) is 4.60. The lowest BCUT2D eigenvalue weighted by molar-refractivity contribution is -0.0193. The lowest BCUT2D eigenvalue weighted by Gasteiger charge is -2.58. The third kappa shape index (κ3) is 0.742. The number of hydrogen-bond acceptors (Lipinski definition) is 3. The van der Waals surface area contributed by atoms with Crippen LogP contribution in [0.15, 0.2) is 0 Å². The number of fused-ring (bicyclic) bond motifs is 2.